The highest BCUT2D eigenvalue weighted by atomic mass is 32.1. The molecule has 1 aromatic carbocycles. The van der Waals surface area contributed by atoms with Crippen LogP contribution in [0.4, 0.5) is 5.13 Å². The highest BCUT2D eigenvalue weighted by Gasteiger charge is 2.03. The lowest BCUT2D eigenvalue weighted by Crippen LogP contribution is -2.17. The van der Waals surface area contributed by atoms with Gasteiger partial charge >= 0.3 is 0 Å². The number of aromatic nitrogens is 1. The minimum Gasteiger partial charge on any atom is -0.367 e. The Kier molecular flexibility index (Phi) is 4.23. The van der Waals surface area contributed by atoms with Crippen LogP contribution in [0, 0.1) is 0 Å². The van der Waals surface area contributed by atoms with Crippen LogP contribution in [0.15, 0.2) is 41.9 Å². The van der Waals surface area contributed by atoms with E-state index in [1.807, 2.05) is 30.3 Å². The first-order valence-electron chi connectivity index (χ1n) is 5.15. The van der Waals surface area contributed by atoms with Crippen molar-refractivity contribution < 1.29 is 9.53 Å². The van der Waals surface area contributed by atoms with Gasteiger partial charge in [-0.1, -0.05) is 30.3 Å². The molecule has 1 aromatic heterocycles. The number of thiazole rings is 1. The monoisotopic (exact) mass is 248 g/mol. The van der Waals surface area contributed by atoms with Crippen molar-refractivity contribution in [1.82, 2.24) is 4.98 Å². The summed E-state index contributed by atoms with van der Waals surface area (Å²) in [6.07, 6.45) is 1.64. The van der Waals surface area contributed by atoms with Crippen LogP contribution >= 0.6 is 11.3 Å². The normalized spacial score (nSPS) is 10.1. The molecule has 1 N–H and O–H groups in total. The molecule has 0 bridgehead atoms. The van der Waals surface area contributed by atoms with Crippen LogP contribution in [-0.2, 0) is 16.1 Å². The van der Waals surface area contributed by atoms with Crippen molar-refractivity contribution >= 4 is 22.4 Å². The maximum Gasteiger partial charge on any atom is 0.252 e. The van der Waals surface area contributed by atoms with Crippen molar-refractivity contribution in [3.05, 3.63) is 47.5 Å². The Morgan fingerprint density at radius 2 is 2.18 bits per heavy atom. The highest BCUT2D eigenvalue weighted by molar-refractivity contribution is 7.13. The van der Waals surface area contributed by atoms with Crippen molar-refractivity contribution in [1.29, 1.82) is 0 Å². The Morgan fingerprint density at radius 1 is 1.35 bits per heavy atom. The van der Waals surface area contributed by atoms with Gasteiger partial charge in [0.1, 0.15) is 6.61 Å². The standard InChI is InChI=1S/C12H12N2O2S/c15-11(14-12-13-6-7-17-12)9-16-8-10-4-2-1-3-5-10/h1-7H,8-9H2,(H,13,14,15). The molecule has 88 valence electrons. The first kappa shape index (κ1) is 11.8. The van der Waals surface area contributed by atoms with Crippen molar-refractivity contribution in [2.75, 3.05) is 11.9 Å². The molecular weight excluding hydrogens is 236 g/mol. The summed E-state index contributed by atoms with van der Waals surface area (Å²) in [5.74, 6) is -0.184. The molecule has 2 rings (SSSR count). The molecule has 0 aliphatic rings. The molecule has 0 aliphatic carbocycles. The average Bonchev–Trinajstić information content (AvgIpc) is 2.83. The van der Waals surface area contributed by atoms with Gasteiger partial charge in [0, 0.05) is 11.6 Å². The minimum atomic E-state index is -0.184. The van der Waals surface area contributed by atoms with Gasteiger partial charge in [0.05, 0.1) is 6.61 Å². The number of nitrogens with one attached hydrogen (secondary N) is 1. The number of anilines is 1. The fourth-order valence-electron chi connectivity index (χ4n) is 1.28. The Hall–Kier alpha value is -1.72. The lowest BCUT2D eigenvalue weighted by Gasteiger charge is -2.04. The van der Waals surface area contributed by atoms with Gasteiger partial charge < -0.3 is 4.74 Å². The number of carbonyl (C=O) groups is 1. The summed E-state index contributed by atoms with van der Waals surface area (Å²) in [7, 11) is 0. The van der Waals surface area contributed by atoms with Crippen LogP contribution in [0.2, 0.25) is 0 Å². The van der Waals surface area contributed by atoms with Gasteiger partial charge in [-0.25, -0.2) is 4.98 Å². The maximum atomic E-state index is 11.4. The largest absolute Gasteiger partial charge is 0.367 e. The van der Waals surface area contributed by atoms with E-state index in [0.29, 0.717) is 11.7 Å². The molecule has 1 heterocycles. The second-order valence-electron chi connectivity index (χ2n) is 3.36. The molecule has 0 radical (unpaired) electrons. The Labute approximate surface area is 103 Å². The van der Waals surface area contributed by atoms with Crippen LogP contribution in [0.25, 0.3) is 0 Å². The number of hydrogen-bond acceptors (Lipinski definition) is 4. The van der Waals surface area contributed by atoms with E-state index in [0.717, 1.165) is 5.56 Å². The Bertz CT molecular complexity index is 457. The van der Waals surface area contributed by atoms with Crippen LogP contribution in [0.5, 0.6) is 0 Å². The fraction of sp³-hybridized carbons (Fsp3) is 0.167. The second-order valence-corrected chi connectivity index (χ2v) is 4.26. The van der Waals surface area contributed by atoms with Gasteiger partial charge in [0.2, 0.25) is 0 Å². The molecule has 0 saturated carbocycles. The molecule has 0 spiro atoms. The lowest BCUT2D eigenvalue weighted by molar-refractivity contribution is -0.121. The predicted octanol–water partition coefficient (Wildman–Crippen LogP) is 2.30. The van der Waals surface area contributed by atoms with Crippen LogP contribution in [0.1, 0.15) is 5.56 Å². The summed E-state index contributed by atoms with van der Waals surface area (Å²) in [5.41, 5.74) is 1.05. The van der Waals surface area contributed by atoms with Crippen molar-refractivity contribution in [3.8, 4) is 0 Å². The number of benzene rings is 1. The van der Waals surface area contributed by atoms with Crippen molar-refractivity contribution in [2.45, 2.75) is 6.61 Å². The molecule has 2 aromatic rings. The minimum absolute atomic E-state index is 0.0362. The maximum absolute atomic E-state index is 11.4. The fourth-order valence-corrected chi connectivity index (χ4v) is 1.82. The zero-order valence-electron chi connectivity index (χ0n) is 9.13. The first-order chi connectivity index (χ1) is 8.34. The number of hydrogen-bond donors (Lipinski definition) is 1. The van der Waals surface area contributed by atoms with Crippen molar-refractivity contribution in [3.63, 3.8) is 0 Å². The van der Waals surface area contributed by atoms with Gasteiger partial charge in [-0.3, -0.25) is 10.1 Å². The zero-order chi connectivity index (χ0) is 11.9. The molecule has 0 unspecified atom stereocenters. The van der Waals surface area contributed by atoms with Crippen LogP contribution in [-0.4, -0.2) is 17.5 Å². The van der Waals surface area contributed by atoms with E-state index in [4.69, 9.17) is 4.74 Å². The third-order valence-electron chi connectivity index (χ3n) is 2.02. The van der Waals surface area contributed by atoms with E-state index in [9.17, 15) is 4.79 Å². The Morgan fingerprint density at radius 3 is 2.88 bits per heavy atom. The topological polar surface area (TPSA) is 51.2 Å². The van der Waals surface area contributed by atoms with E-state index in [2.05, 4.69) is 10.3 Å². The number of carbonyl (C=O) groups excluding carboxylic acids is 1. The lowest BCUT2D eigenvalue weighted by atomic mass is 10.2. The molecule has 1 amide bonds. The van der Waals surface area contributed by atoms with Gasteiger partial charge in [-0.05, 0) is 5.56 Å². The summed E-state index contributed by atoms with van der Waals surface area (Å²) in [6, 6.07) is 9.73. The third-order valence-corrected chi connectivity index (χ3v) is 2.71. The van der Waals surface area contributed by atoms with E-state index in [-0.39, 0.29) is 12.5 Å². The van der Waals surface area contributed by atoms with Gasteiger partial charge in [0.25, 0.3) is 5.91 Å². The molecule has 0 fully saturated rings. The van der Waals surface area contributed by atoms with Gasteiger partial charge in [-0.2, -0.15) is 0 Å². The number of amides is 1. The molecule has 0 atom stereocenters. The molecular formula is C12H12N2O2S. The molecule has 0 saturated heterocycles. The molecule has 17 heavy (non-hydrogen) atoms. The highest BCUT2D eigenvalue weighted by Crippen LogP contribution is 2.09. The van der Waals surface area contributed by atoms with E-state index >= 15 is 0 Å². The quantitative estimate of drug-likeness (QED) is 0.883. The SMILES string of the molecule is O=C(COCc1ccccc1)Nc1nccs1. The van der Waals surface area contributed by atoms with Crippen LogP contribution in [0.3, 0.4) is 0 Å². The number of rotatable bonds is 5. The first-order valence-corrected chi connectivity index (χ1v) is 6.03. The van der Waals surface area contributed by atoms with Crippen LogP contribution < -0.4 is 5.32 Å². The third kappa shape index (κ3) is 3.97. The number of ether oxygens (including phenoxy) is 1. The Balaban J connectivity index is 1.70. The molecule has 0 aliphatic heterocycles. The average molecular weight is 248 g/mol. The molecule has 4 nitrogen and oxygen atoms in total. The summed E-state index contributed by atoms with van der Waals surface area (Å²) in [4.78, 5) is 15.4. The summed E-state index contributed by atoms with van der Waals surface area (Å²) >= 11 is 1.38. The van der Waals surface area contributed by atoms with E-state index in [1.54, 1.807) is 11.6 Å². The van der Waals surface area contributed by atoms with E-state index in [1.165, 1.54) is 11.3 Å². The summed E-state index contributed by atoms with van der Waals surface area (Å²) in [6.45, 7) is 0.473. The summed E-state index contributed by atoms with van der Waals surface area (Å²) < 4.78 is 5.30. The smallest absolute Gasteiger partial charge is 0.252 e. The second kappa shape index (κ2) is 6.12. The molecule has 5 heteroatoms. The number of nitrogens with zero attached hydrogens (tertiary/aromatic N) is 1. The zero-order valence-corrected chi connectivity index (χ0v) is 9.94. The van der Waals surface area contributed by atoms with Gasteiger partial charge in [-0.15, -0.1) is 11.3 Å². The van der Waals surface area contributed by atoms with E-state index < -0.39 is 0 Å². The predicted molar refractivity (Wildman–Crippen MR) is 66.8 cm³/mol. The summed E-state index contributed by atoms with van der Waals surface area (Å²) in [5, 5.41) is 5.05. The van der Waals surface area contributed by atoms with Gasteiger partial charge in [0.15, 0.2) is 5.13 Å². The van der Waals surface area contributed by atoms with Crippen molar-refractivity contribution in [2.24, 2.45) is 0 Å².